The minimum Gasteiger partial charge on any atom is -0.317 e. The molecule has 0 aliphatic heterocycles. The zero-order valence-corrected chi connectivity index (χ0v) is 11.8. The molecule has 0 bridgehead atoms. The standard InChI is InChI=1S/C13H31N3/c1-5-8-14-9-7-11-16(10-6-2)13-12-15(3)4/h14H,5-13H2,1-4H3. The van der Waals surface area contributed by atoms with Gasteiger partial charge in [0.25, 0.3) is 0 Å². The van der Waals surface area contributed by atoms with E-state index in [1.807, 2.05) is 0 Å². The number of hydrogen-bond acceptors (Lipinski definition) is 3. The van der Waals surface area contributed by atoms with E-state index in [1.54, 1.807) is 0 Å². The second-order valence-electron chi connectivity index (χ2n) is 4.75. The summed E-state index contributed by atoms with van der Waals surface area (Å²) < 4.78 is 0. The van der Waals surface area contributed by atoms with Gasteiger partial charge in [0.05, 0.1) is 0 Å². The first-order valence-electron chi connectivity index (χ1n) is 6.78. The molecule has 0 aliphatic carbocycles. The van der Waals surface area contributed by atoms with Gasteiger partial charge >= 0.3 is 0 Å². The lowest BCUT2D eigenvalue weighted by atomic mass is 10.3. The van der Waals surface area contributed by atoms with Gasteiger partial charge in [0.15, 0.2) is 0 Å². The second kappa shape index (κ2) is 11.4. The monoisotopic (exact) mass is 229 g/mol. The summed E-state index contributed by atoms with van der Waals surface area (Å²) in [5, 5.41) is 3.46. The van der Waals surface area contributed by atoms with Gasteiger partial charge in [0.1, 0.15) is 0 Å². The Kier molecular flexibility index (Phi) is 11.3. The van der Waals surface area contributed by atoms with Gasteiger partial charge in [-0.25, -0.2) is 0 Å². The van der Waals surface area contributed by atoms with E-state index >= 15 is 0 Å². The Bertz CT molecular complexity index is 137. The summed E-state index contributed by atoms with van der Waals surface area (Å²) in [5.41, 5.74) is 0. The molecule has 1 N–H and O–H groups in total. The Morgan fingerprint density at radius 3 is 2.12 bits per heavy atom. The van der Waals surface area contributed by atoms with E-state index in [0.29, 0.717) is 0 Å². The van der Waals surface area contributed by atoms with Crippen molar-refractivity contribution < 1.29 is 0 Å². The summed E-state index contributed by atoms with van der Waals surface area (Å²) in [6.07, 6.45) is 3.77. The van der Waals surface area contributed by atoms with Gasteiger partial charge in [0, 0.05) is 13.1 Å². The maximum absolute atomic E-state index is 3.46. The Balaban J connectivity index is 3.51. The minimum atomic E-state index is 1.16. The molecule has 0 aliphatic rings. The van der Waals surface area contributed by atoms with E-state index in [0.717, 1.165) is 13.1 Å². The summed E-state index contributed by atoms with van der Waals surface area (Å²) in [7, 11) is 4.29. The van der Waals surface area contributed by atoms with Crippen LogP contribution in [0.2, 0.25) is 0 Å². The maximum atomic E-state index is 3.46. The summed E-state index contributed by atoms with van der Waals surface area (Å²) in [6, 6.07) is 0. The predicted octanol–water partition coefficient (Wildman–Crippen LogP) is 1.65. The number of rotatable bonds is 11. The molecule has 0 aromatic carbocycles. The summed E-state index contributed by atoms with van der Waals surface area (Å²) in [5.74, 6) is 0. The Labute approximate surface area is 102 Å². The van der Waals surface area contributed by atoms with Crippen molar-refractivity contribution in [2.75, 3.05) is 53.4 Å². The summed E-state index contributed by atoms with van der Waals surface area (Å²) >= 11 is 0. The third kappa shape index (κ3) is 10.4. The maximum Gasteiger partial charge on any atom is 0.0109 e. The van der Waals surface area contributed by atoms with Crippen LogP contribution in [0, 0.1) is 0 Å². The molecule has 0 aromatic rings. The highest BCUT2D eigenvalue weighted by Gasteiger charge is 2.03. The van der Waals surface area contributed by atoms with E-state index < -0.39 is 0 Å². The smallest absolute Gasteiger partial charge is 0.0109 e. The Hall–Kier alpha value is -0.120. The van der Waals surface area contributed by atoms with Crippen LogP contribution in [0.25, 0.3) is 0 Å². The van der Waals surface area contributed by atoms with Crippen molar-refractivity contribution in [2.45, 2.75) is 33.1 Å². The molecule has 3 nitrogen and oxygen atoms in total. The number of hydrogen-bond donors (Lipinski definition) is 1. The lowest BCUT2D eigenvalue weighted by molar-refractivity contribution is 0.238. The van der Waals surface area contributed by atoms with E-state index in [4.69, 9.17) is 0 Å². The van der Waals surface area contributed by atoms with Gasteiger partial charge < -0.3 is 15.1 Å². The molecule has 0 heterocycles. The molecule has 98 valence electrons. The van der Waals surface area contributed by atoms with E-state index in [9.17, 15) is 0 Å². The van der Waals surface area contributed by atoms with Crippen molar-refractivity contribution in [3.05, 3.63) is 0 Å². The first-order chi connectivity index (χ1) is 7.70. The van der Waals surface area contributed by atoms with E-state index in [1.165, 1.54) is 45.4 Å². The van der Waals surface area contributed by atoms with Crippen LogP contribution in [0.5, 0.6) is 0 Å². The third-order valence-corrected chi connectivity index (χ3v) is 2.66. The van der Waals surface area contributed by atoms with Gasteiger partial charge in [-0.1, -0.05) is 13.8 Å². The number of nitrogens with one attached hydrogen (secondary N) is 1. The number of nitrogens with zero attached hydrogens (tertiary/aromatic N) is 2. The molecule has 0 saturated carbocycles. The zero-order valence-electron chi connectivity index (χ0n) is 11.8. The first-order valence-corrected chi connectivity index (χ1v) is 6.78. The molecule has 0 unspecified atom stereocenters. The average molecular weight is 229 g/mol. The fraction of sp³-hybridized carbons (Fsp3) is 1.00. The normalized spacial score (nSPS) is 11.6. The van der Waals surface area contributed by atoms with Gasteiger partial charge in [-0.15, -0.1) is 0 Å². The second-order valence-corrected chi connectivity index (χ2v) is 4.75. The average Bonchev–Trinajstić information content (AvgIpc) is 2.25. The van der Waals surface area contributed by atoms with Gasteiger partial charge in [-0.3, -0.25) is 0 Å². The van der Waals surface area contributed by atoms with Crippen molar-refractivity contribution in [2.24, 2.45) is 0 Å². The third-order valence-electron chi connectivity index (χ3n) is 2.66. The highest BCUT2D eigenvalue weighted by Crippen LogP contribution is 1.94. The van der Waals surface area contributed by atoms with Gasteiger partial charge in [0.2, 0.25) is 0 Å². The van der Waals surface area contributed by atoms with Crippen LogP contribution in [-0.4, -0.2) is 63.2 Å². The van der Waals surface area contributed by atoms with Crippen LogP contribution in [0.1, 0.15) is 33.1 Å². The quantitative estimate of drug-likeness (QED) is 0.544. The van der Waals surface area contributed by atoms with Gasteiger partial charge in [-0.2, -0.15) is 0 Å². The van der Waals surface area contributed by atoms with Crippen molar-refractivity contribution in [1.29, 1.82) is 0 Å². The first kappa shape index (κ1) is 15.9. The van der Waals surface area contributed by atoms with Crippen LogP contribution < -0.4 is 5.32 Å². The molecule has 0 radical (unpaired) electrons. The van der Waals surface area contributed by atoms with Crippen LogP contribution in [0.3, 0.4) is 0 Å². The van der Waals surface area contributed by atoms with Crippen molar-refractivity contribution in [3.8, 4) is 0 Å². The molecule has 0 spiro atoms. The van der Waals surface area contributed by atoms with E-state index in [2.05, 4.69) is 43.1 Å². The SMILES string of the molecule is CCCNCCCN(CCC)CCN(C)C. The summed E-state index contributed by atoms with van der Waals surface area (Å²) in [6.45, 7) is 11.6. The molecule has 0 atom stereocenters. The largest absolute Gasteiger partial charge is 0.317 e. The molecule has 16 heavy (non-hydrogen) atoms. The molecule has 3 heteroatoms. The predicted molar refractivity (Wildman–Crippen MR) is 73.1 cm³/mol. The molecule has 0 aromatic heterocycles. The highest BCUT2D eigenvalue weighted by atomic mass is 15.2. The molecule has 0 amide bonds. The van der Waals surface area contributed by atoms with Crippen molar-refractivity contribution >= 4 is 0 Å². The topological polar surface area (TPSA) is 18.5 Å². The van der Waals surface area contributed by atoms with Crippen LogP contribution in [0.4, 0.5) is 0 Å². The molecular formula is C13H31N3. The molecule has 0 fully saturated rings. The lowest BCUT2D eigenvalue weighted by Crippen LogP contribution is -2.34. The lowest BCUT2D eigenvalue weighted by Gasteiger charge is -2.23. The van der Waals surface area contributed by atoms with Crippen LogP contribution in [0.15, 0.2) is 0 Å². The Morgan fingerprint density at radius 1 is 0.812 bits per heavy atom. The fourth-order valence-electron chi connectivity index (χ4n) is 1.72. The van der Waals surface area contributed by atoms with E-state index in [-0.39, 0.29) is 0 Å². The highest BCUT2D eigenvalue weighted by molar-refractivity contribution is 4.60. The van der Waals surface area contributed by atoms with Crippen LogP contribution >= 0.6 is 0 Å². The summed E-state index contributed by atoms with van der Waals surface area (Å²) in [4.78, 5) is 4.84. The fourth-order valence-corrected chi connectivity index (χ4v) is 1.72. The Morgan fingerprint density at radius 2 is 1.56 bits per heavy atom. The zero-order chi connectivity index (χ0) is 12.2. The number of likely N-dealkylation sites (N-methyl/N-ethyl adjacent to an activating group) is 1. The molecular weight excluding hydrogens is 198 g/mol. The van der Waals surface area contributed by atoms with Gasteiger partial charge in [-0.05, 0) is 59.5 Å². The van der Waals surface area contributed by atoms with Crippen LogP contribution in [-0.2, 0) is 0 Å². The van der Waals surface area contributed by atoms with Crippen molar-refractivity contribution in [1.82, 2.24) is 15.1 Å². The molecule has 0 saturated heterocycles. The minimum absolute atomic E-state index is 1.16. The molecule has 0 rings (SSSR count). The van der Waals surface area contributed by atoms with Crippen molar-refractivity contribution in [3.63, 3.8) is 0 Å².